The monoisotopic (exact) mass is 263 g/mol. The Kier molecular flexibility index (Phi) is 3.91. The van der Waals surface area contributed by atoms with Crippen LogP contribution in [0.2, 0.25) is 0 Å². The second-order valence-electron chi connectivity index (χ2n) is 3.96. The molecule has 1 heterocycles. The van der Waals surface area contributed by atoms with Gasteiger partial charge in [0.15, 0.2) is 5.16 Å². The number of carboxylic acid groups (broad SMARTS) is 1. The first-order chi connectivity index (χ1) is 8.67. The van der Waals surface area contributed by atoms with Crippen LogP contribution in [0.4, 0.5) is 0 Å². The number of fused-ring (bicyclic) bond motifs is 1. The minimum atomic E-state index is -1.03. The molecule has 1 atom stereocenters. The van der Waals surface area contributed by atoms with Crippen molar-refractivity contribution < 1.29 is 9.90 Å². The molecule has 0 aliphatic heterocycles. The van der Waals surface area contributed by atoms with Gasteiger partial charge in [-0.1, -0.05) is 30.8 Å². The molecule has 0 saturated heterocycles. The molecule has 96 valence electrons. The number of thioether (sulfide) groups is 1. The second-order valence-corrected chi connectivity index (χ2v) is 5.13. The average Bonchev–Trinajstić information content (AvgIpc) is 2.72. The lowest BCUT2D eigenvalue weighted by Gasteiger charge is -2.15. The van der Waals surface area contributed by atoms with Crippen LogP contribution in [-0.4, -0.2) is 20.8 Å². The summed E-state index contributed by atoms with van der Waals surface area (Å²) in [7, 11) is 0. The summed E-state index contributed by atoms with van der Waals surface area (Å²) in [5, 5.41) is 11.2. The lowest BCUT2D eigenvalue weighted by Crippen LogP contribution is -2.33. The zero-order valence-corrected chi connectivity index (χ0v) is 11.2. The van der Waals surface area contributed by atoms with Crippen molar-refractivity contribution in [3.05, 3.63) is 24.3 Å². The van der Waals surface area contributed by atoms with Gasteiger partial charge in [-0.05, 0) is 25.5 Å². The Morgan fingerprint density at radius 2 is 2.17 bits per heavy atom. The van der Waals surface area contributed by atoms with E-state index in [0.29, 0.717) is 6.42 Å². The van der Waals surface area contributed by atoms with E-state index in [4.69, 9.17) is 0 Å². The van der Waals surface area contributed by atoms with Crippen LogP contribution in [-0.2, 0) is 11.3 Å². The molecule has 0 N–H and O–H groups in total. The van der Waals surface area contributed by atoms with Gasteiger partial charge in [0.1, 0.15) is 0 Å². The summed E-state index contributed by atoms with van der Waals surface area (Å²) in [5.74, 6) is -1.03. The zero-order chi connectivity index (χ0) is 13.1. The van der Waals surface area contributed by atoms with Crippen LogP contribution in [0.15, 0.2) is 29.4 Å². The van der Waals surface area contributed by atoms with Crippen molar-refractivity contribution in [1.82, 2.24) is 9.55 Å². The third kappa shape index (κ3) is 2.36. The van der Waals surface area contributed by atoms with E-state index < -0.39 is 11.2 Å². The maximum atomic E-state index is 11.0. The van der Waals surface area contributed by atoms with Crippen LogP contribution >= 0.6 is 11.8 Å². The van der Waals surface area contributed by atoms with Gasteiger partial charge in [-0.25, -0.2) is 4.98 Å². The van der Waals surface area contributed by atoms with Crippen LogP contribution in [0.5, 0.6) is 0 Å². The number of aryl methyl sites for hydroxylation is 1. The van der Waals surface area contributed by atoms with Crippen molar-refractivity contribution in [1.29, 1.82) is 0 Å². The molecule has 1 aromatic carbocycles. The summed E-state index contributed by atoms with van der Waals surface area (Å²) in [6.07, 6.45) is 0.528. The summed E-state index contributed by atoms with van der Waals surface area (Å²) < 4.78 is 2.03. The number of carbonyl (C=O) groups excluding carboxylic acids is 1. The number of para-hydroxylation sites is 2. The van der Waals surface area contributed by atoms with E-state index in [9.17, 15) is 9.90 Å². The number of hydrogen-bond acceptors (Lipinski definition) is 4. The molecule has 0 fully saturated rings. The third-order valence-electron chi connectivity index (χ3n) is 2.82. The Balaban J connectivity index is 2.41. The Labute approximate surface area is 110 Å². The maximum absolute atomic E-state index is 11.0. The highest BCUT2D eigenvalue weighted by Gasteiger charge is 2.15. The Hall–Kier alpha value is -1.49. The summed E-state index contributed by atoms with van der Waals surface area (Å²) in [4.78, 5) is 15.5. The van der Waals surface area contributed by atoms with E-state index in [0.717, 1.165) is 22.7 Å². The molecule has 4 nitrogen and oxygen atoms in total. The molecule has 0 spiro atoms. The zero-order valence-electron chi connectivity index (χ0n) is 10.4. The SMILES string of the molecule is CC[C@@H](Sc1nc2ccccc2n1CC)C(=O)[O-]. The summed E-state index contributed by atoms with van der Waals surface area (Å²) in [6, 6.07) is 7.82. The molecule has 0 saturated carbocycles. The first kappa shape index (κ1) is 13.0. The molecule has 18 heavy (non-hydrogen) atoms. The van der Waals surface area contributed by atoms with E-state index in [2.05, 4.69) is 4.98 Å². The average molecular weight is 263 g/mol. The van der Waals surface area contributed by atoms with Crippen LogP contribution in [0.1, 0.15) is 20.3 Å². The van der Waals surface area contributed by atoms with Crippen LogP contribution in [0.25, 0.3) is 11.0 Å². The quantitative estimate of drug-likeness (QED) is 0.770. The number of carboxylic acids is 1. The van der Waals surface area contributed by atoms with Gasteiger partial charge in [0, 0.05) is 6.54 Å². The summed E-state index contributed by atoms with van der Waals surface area (Å²) in [5.41, 5.74) is 1.94. The highest BCUT2D eigenvalue weighted by Crippen LogP contribution is 2.28. The lowest BCUT2D eigenvalue weighted by molar-refractivity contribution is -0.304. The fourth-order valence-corrected chi connectivity index (χ4v) is 2.90. The molecule has 0 aliphatic rings. The van der Waals surface area contributed by atoms with Gasteiger partial charge in [-0.15, -0.1) is 0 Å². The normalized spacial score (nSPS) is 12.8. The molecular formula is C13H15N2O2S-. The number of carbonyl (C=O) groups is 1. The fourth-order valence-electron chi connectivity index (χ4n) is 1.87. The highest BCUT2D eigenvalue weighted by molar-refractivity contribution is 8.00. The molecule has 0 radical (unpaired) electrons. The Bertz CT molecular complexity index is 565. The first-order valence-corrected chi connectivity index (χ1v) is 6.88. The van der Waals surface area contributed by atoms with Crippen molar-refractivity contribution in [3.8, 4) is 0 Å². The molecule has 0 bridgehead atoms. The standard InChI is InChI=1S/C13H16N2O2S/c1-3-11(12(16)17)18-13-14-9-7-5-6-8-10(9)15(13)4-2/h5-8,11H,3-4H2,1-2H3,(H,16,17)/p-1/t11-/m1/s1. The number of nitrogens with zero attached hydrogens (tertiary/aromatic N) is 2. The molecule has 5 heteroatoms. The van der Waals surface area contributed by atoms with E-state index >= 15 is 0 Å². The van der Waals surface area contributed by atoms with Gasteiger partial charge >= 0.3 is 0 Å². The Morgan fingerprint density at radius 1 is 1.44 bits per heavy atom. The number of aromatic nitrogens is 2. The highest BCUT2D eigenvalue weighted by atomic mass is 32.2. The molecule has 2 rings (SSSR count). The molecular weight excluding hydrogens is 248 g/mol. The number of hydrogen-bond donors (Lipinski definition) is 0. The van der Waals surface area contributed by atoms with Crippen molar-refractivity contribution in [3.63, 3.8) is 0 Å². The van der Waals surface area contributed by atoms with Gasteiger partial charge in [0.05, 0.1) is 22.3 Å². The van der Waals surface area contributed by atoms with Crippen molar-refractivity contribution in [2.24, 2.45) is 0 Å². The van der Waals surface area contributed by atoms with E-state index in [-0.39, 0.29) is 0 Å². The smallest absolute Gasteiger partial charge is 0.169 e. The minimum Gasteiger partial charge on any atom is -0.549 e. The van der Waals surface area contributed by atoms with E-state index in [1.54, 1.807) is 0 Å². The molecule has 0 unspecified atom stereocenters. The summed E-state index contributed by atoms with van der Waals surface area (Å²) in [6.45, 7) is 4.64. The van der Waals surface area contributed by atoms with Crippen LogP contribution < -0.4 is 5.11 Å². The lowest BCUT2D eigenvalue weighted by atomic mass is 10.3. The topological polar surface area (TPSA) is 58.0 Å². The minimum absolute atomic E-state index is 0.528. The number of benzene rings is 1. The van der Waals surface area contributed by atoms with E-state index in [1.165, 1.54) is 11.8 Å². The molecule has 0 amide bonds. The van der Waals surface area contributed by atoms with Gasteiger partial charge in [-0.3, -0.25) is 0 Å². The van der Waals surface area contributed by atoms with Gasteiger partial charge < -0.3 is 14.5 Å². The third-order valence-corrected chi connectivity index (χ3v) is 4.15. The fraction of sp³-hybridized carbons (Fsp3) is 0.385. The van der Waals surface area contributed by atoms with Crippen LogP contribution in [0, 0.1) is 0 Å². The van der Waals surface area contributed by atoms with Gasteiger partial charge in [0.25, 0.3) is 0 Å². The molecule has 2 aromatic rings. The van der Waals surface area contributed by atoms with Crippen LogP contribution in [0.3, 0.4) is 0 Å². The molecule has 1 aromatic heterocycles. The predicted octanol–water partition coefficient (Wildman–Crippen LogP) is 1.68. The molecule has 0 aliphatic carbocycles. The first-order valence-electron chi connectivity index (χ1n) is 6.00. The Morgan fingerprint density at radius 3 is 2.78 bits per heavy atom. The van der Waals surface area contributed by atoms with Crippen molar-refractivity contribution in [2.45, 2.75) is 37.2 Å². The van der Waals surface area contributed by atoms with Gasteiger partial charge in [-0.2, -0.15) is 0 Å². The van der Waals surface area contributed by atoms with Crippen molar-refractivity contribution in [2.75, 3.05) is 0 Å². The van der Waals surface area contributed by atoms with Gasteiger partial charge in [0.2, 0.25) is 0 Å². The maximum Gasteiger partial charge on any atom is 0.169 e. The number of aliphatic carboxylic acids is 1. The second kappa shape index (κ2) is 5.44. The van der Waals surface area contributed by atoms with Crippen molar-refractivity contribution >= 4 is 28.8 Å². The number of rotatable bonds is 5. The largest absolute Gasteiger partial charge is 0.549 e. The predicted molar refractivity (Wildman–Crippen MR) is 70.4 cm³/mol. The summed E-state index contributed by atoms with van der Waals surface area (Å²) >= 11 is 1.26. The van der Waals surface area contributed by atoms with E-state index in [1.807, 2.05) is 42.7 Å². The number of imidazole rings is 1.